The van der Waals surface area contributed by atoms with Gasteiger partial charge in [0, 0.05) is 12.2 Å². The molecule has 0 radical (unpaired) electrons. The lowest BCUT2D eigenvalue weighted by Gasteiger charge is -2.23. The number of rotatable bonds is 5. The second-order valence-corrected chi connectivity index (χ2v) is 4.79. The van der Waals surface area contributed by atoms with Gasteiger partial charge in [0.05, 0.1) is 19.2 Å². The van der Waals surface area contributed by atoms with Crippen LogP contribution in [0.4, 0.5) is 5.69 Å². The molecule has 0 bridgehead atoms. The number of amides is 1. The molecule has 0 unspecified atom stereocenters. The zero-order chi connectivity index (χ0) is 13.7. The zero-order valence-corrected chi connectivity index (χ0v) is 11.3. The van der Waals surface area contributed by atoms with Crippen LogP contribution in [0.2, 0.25) is 0 Å². The van der Waals surface area contributed by atoms with Gasteiger partial charge in [-0.25, -0.2) is 0 Å². The number of anilines is 1. The van der Waals surface area contributed by atoms with Crippen molar-refractivity contribution < 1.29 is 4.79 Å². The van der Waals surface area contributed by atoms with E-state index in [9.17, 15) is 4.79 Å². The Morgan fingerprint density at radius 2 is 2.26 bits per heavy atom. The predicted molar refractivity (Wildman–Crippen MR) is 74.8 cm³/mol. The summed E-state index contributed by atoms with van der Waals surface area (Å²) in [5.74, 6) is 0.0913. The maximum atomic E-state index is 12.3. The van der Waals surface area contributed by atoms with Gasteiger partial charge in [-0.05, 0) is 31.0 Å². The molecular weight excluding hydrogens is 238 g/mol. The molecule has 0 aromatic heterocycles. The Balaban J connectivity index is 2.03. The van der Waals surface area contributed by atoms with E-state index in [1.54, 1.807) is 0 Å². The van der Waals surface area contributed by atoms with Crippen molar-refractivity contribution in [2.75, 3.05) is 31.1 Å². The minimum absolute atomic E-state index is 0.0913. The summed E-state index contributed by atoms with van der Waals surface area (Å²) in [6.07, 6.45) is 1.87. The second kappa shape index (κ2) is 6.35. The monoisotopic (exact) mass is 257 g/mol. The minimum Gasteiger partial charge on any atom is -0.311 e. The first-order chi connectivity index (χ1) is 9.26. The van der Waals surface area contributed by atoms with Crippen LogP contribution in [-0.2, 0) is 11.2 Å². The third kappa shape index (κ3) is 3.12. The van der Waals surface area contributed by atoms with Crippen LogP contribution >= 0.6 is 0 Å². The normalized spacial score (nSPS) is 13.4. The van der Waals surface area contributed by atoms with Crippen LogP contribution in [0.25, 0.3) is 0 Å². The molecule has 0 atom stereocenters. The summed E-state index contributed by atoms with van der Waals surface area (Å²) in [5, 5.41) is 8.78. The van der Waals surface area contributed by atoms with Crippen molar-refractivity contribution in [2.24, 2.45) is 0 Å². The molecule has 1 aliphatic rings. The highest BCUT2D eigenvalue weighted by molar-refractivity contribution is 5.96. The van der Waals surface area contributed by atoms with Crippen LogP contribution in [0.1, 0.15) is 18.9 Å². The van der Waals surface area contributed by atoms with Gasteiger partial charge in [0.15, 0.2) is 0 Å². The Morgan fingerprint density at radius 3 is 3.00 bits per heavy atom. The Bertz CT molecular complexity index is 492. The van der Waals surface area contributed by atoms with Gasteiger partial charge < -0.3 is 4.90 Å². The largest absolute Gasteiger partial charge is 0.311 e. The van der Waals surface area contributed by atoms with Gasteiger partial charge in [-0.15, -0.1) is 0 Å². The third-order valence-corrected chi connectivity index (χ3v) is 3.38. The smallest absolute Gasteiger partial charge is 0.241 e. The van der Waals surface area contributed by atoms with Gasteiger partial charge in [-0.3, -0.25) is 9.69 Å². The highest BCUT2D eigenvalue weighted by atomic mass is 16.2. The topological polar surface area (TPSA) is 47.3 Å². The third-order valence-electron chi connectivity index (χ3n) is 3.38. The van der Waals surface area contributed by atoms with E-state index in [2.05, 4.69) is 19.1 Å². The number of benzene rings is 1. The van der Waals surface area contributed by atoms with Crippen molar-refractivity contribution in [1.29, 1.82) is 5.26 Å². The summed E-state index contributed by atoms with van der Waals surface area (Å²) in [7, 11) is 0. The molecular formula is C15H19N3O. The van der Waals surface area contributed by atoms with E-state index in [0.29, 0.717) is 13.1 Å². The fourth-order valence-corrected chi connectivity index (χ4v) is 2.50. The van der Waals surface area contributed by atoms with Crippen molar-refractivity contribution in [3.05, 3.63) is 29.8 Å². The first-order valence-electron chi connectivity index (χ1n) is 6.73. The van der Waals surface area contributed by atoms with E-state index in [1.165, 1.54) is 5.56 Å². The molecule has 0 N–H and O–H groups in total. The van der Waals surface area contributed by atoms with Crippen LogP contribution in [-0.4, -0.2) is 37.0 Å². The molecule has 1 aromatic rings. The number of fused-ring (bicyclic) bond motifs is 1. The lowest BCUT2D eigenvalue weighted by Crippen LogP contribution is -2.40. The lowest BCUT2D eigenvalue weighted by atomic mass is 10.2. The highest BCUT2D eigenvalue weighted by Crippen LogP contribution is 2.27. The Kier molecular flexibility index (Phi) is 4.53. The number of carbonyl (C=O) groups is 1. The van der Waals surface area contributed by atoms with Crippen LogP contribution < -0.4 is 4.90 Å². The van der Waals surface area contributed by atoms with E-state index in [-0.39, 0.29) is 5.91 Å². The van der Waals surface area contributed by atoms with Crippen molar-refractivity contribution >= 4 is 11.6 Å². The zero-order valence-electron chi connectivity index (χ0n) is 11.3. The maximum Gasteiger partial charge on any atom is 0.241 e. The minimum atomic E-state index is 0.0913. The van der Waals surface area contributed by atoms with Crippen molar-refractivity contribution in [3.63, 3.8) is 0 Å². The molecule has 100 valence electrons. The number of nitriles is 1. The summed E-state index contributed by atoms with van der Waals surface area (Å²) in [6, 6.07) is 10.2. The number of carbonyl (C=O) groups excluding carboxylic acids is 1. The second-order valence-electron chi connectivity index (χ2n) is 4.79. The molecule has 1 heterocycles. The van der Waals surface area contributed by atoms with E-state index in [0.717, 1.165) is 31.6 Å². The average Bonchev–Trinajstić information content (AvgIpc) is 2.83. The quantitative estimate of drug-likeness (QED) is 0.756. The predicted octanol–water partition coefficient (Wildman–Crippen LogP) is 1.81. The van der Waals surface area contributed by atoms with Crippen molar-refractivity contribution in [1.82, 2.24) is 4.90 Å². The Labute approximate surface area is 114 Å². The van der Waals surface area contributed by atoms with Gasteiger partial charge in [0.25, 0.3) is 0 Å². The number of nitrogens with zero attached hydrogens (tertiary/aromatic N) is 3. The first-order valence-corrected chi connectivity index (χ1v) is 6.73. The molecule has 0 saturated carbocycles. The van der Waals surface area contributed by atoms with Crippen LogP contribution in [0.3, 0.4) is 0 Å². The Hall–Kier alpha value is -1.86. The van der Waals surface area contributed by atoms with Gasteiger partial charge >= 0.3 is 0 Å². The number of hydrogen-bond acceptors (Lipinski definition) is 3. The van der Waals surface area contributed by atoms with Gasteiger partial charge in [-0.2, -0.15) is 5.26 Å². The SMILES string of the molecule is CCCN(CC#N)CC(=O)N1CCc2ccccc21. The molecule has 0 saturated heterocycles. The van der Waals surface area contributed by atoms with Crippen molar-refractivity contribution in [2.45, 2.75) is 19.8 Å². The summed E-state index contributed by atoms with van der Waals surface area (Å²) in [6.45, 7) is 4.24. The Morgan fingerprint density at radius 1 is 1.47 bits per heavy atom. The molecule has 4 nitrogen and oxygen atoms in total. The molecule has 1 aliphatic heterocycles. The summed E-state index contributed by atoms with van der Waals surface area (Å²) < 4.78 is 0. The number of hydrogen-bond donors (Lipinski definition) is 0. The maximum absolute atomic E-state index is 12.3. The molecule has 0 fully saturated rings. The molecule has 1 aromatic carbocycles. The average molecular weight is 257 g/mol. The molecule has 0 spiro atoms. The van der Waals surface area contributed by atoms with E-state index >= 15 is 0 Å². The standard InChI is InChI=1S/C15H19N3O/c1-2-9-17(11-8-16)12-15(19)18-10-7-13-5-3-4-6-14(13)18/h3-6H,2,7,9-12H2,1H3. The molecule has 2 rings (SSSR count). The fourth-order valence-electron chi connectivity index (χ4n) is 2.50. The van der Waals surface area contributed by atoms with Gasteiger partial charge in [0.1, 0.15) is 0 Å². The molecule has 0 aliphatic carbocycles. The summed E-state index contributed by atoms with van der Waals surface area (Å²) >= 11 is 0. The summed E-state index contributed by atoms with van der Waals surface area (Å²) in [5.41, 5.74) is 2.26. The van der Waals surface area contributed by atoms with Gasteiger partial charge in [-0.1, -0.05) is 25.1 Å². The fraction of sp³-hybridized carbons (Fsp3) is 0.467. The first kappa shape index (κ1) is 13.6. The van der Waals surface area contributed by atoms with Gasteiger partial charge in [0.2, 0.25) is 5.91 Å². The molecule has 19 heavy (non-hydrogen) atoms. The van der Waals surface area contributed by atoms with Crippen LogP contribution in [0.15, 0.2) is 24.3 Å². The lowest BCUT2D eigenvalue weighted by molar-refractivity contribution is -0.119. The van der Waals surface area contributed by atoms with E-state index < -0.39 is 0 Å². The van der Waals surface area contributed by atoms with Crippen LogP contribution in [0.5, 0.6) is 0 Å². The van der Waals surface area contributed by atoms with Crippen molar-refractivity contribution in [3.8, 4) is 6.07 Å². The van der Waals surface area contributed by atoms with E-state index in [4.69, 9.17) is 5.26 Å². The molecule has 1 amide bonds. The van der Waals surface area contributed by atoms with Crippen LogP contribution in [0, 0.1) is 11.3 Å². The highest BCUT2D eigenvalue weighted by Gasteiger charge is 2.25. The number of para-hydroxylation sites is 1. The summed E-state index contributed by atoms with van der Waals surface area (Å²) in [4.78, 5) is 16.1. The molecule has 4 heteroatoms. The van der Waals surface area contributed by atoms with E-state index in [1.807, 2.05) is 28.0 Å².